The van der Waals surface area contributed by atoms with Crippen LogP contribution in [0.4, 0.5) is 0 Å². The van der Waals surface area contributed by atoms with Crippen molar-refractivity contribution < 1.29 is 8.42 Å². The van der Waals surface area contributed by atoms with Crippen LogP contribution in [0.2, 0.25) is 0 Å². The Bertz CT molecular complexity index is 565. The molecular formula is C15H20ClNO2S. The highest BCUT2D eigenvalue weighted by atomic mass is 35.5. The maximum Gasteiger partial charge on any atom is 0.243 e. The number of rotatable bonds is 7. The summed E-state index contributed by atoms with van der Waals surface area (Å²) in [4.78, 5) is 0.385. The smallest absolute Gasteiger partial charge is 0.207 e. The van der Waals surface area contributed by atoms with Crippen LogP contribution >= 0.6 is 11.6 Å². The molecule has 2 aliphatic rings. The summed E-state index contributed by atoms with van der Waals surface area (Å²) in [5.74, 6) is 1.36. The highest BCUT2D eigenvalue weighted by molar-refractivity contribution is 7.89. The zero-order valence-electron chi connectivity index (χ0n) is 11.5. The molecule has 1 aromatic carbocycles. The molecule has 3 rings (SSSR count). The van der Waals surface area contributed by atoms with Crippen LogP contribution in [0.1, 0.15) is 31.2 Å². The van der Waals surface area contributed by atoms with Gasteiger partial charge in [0.25, 0.3) is 0 Å². The van der Waals surface area contributed by atoms with E-state index in [2.05, 4.69) is 0 Å². The van der Waals surface area contributed by atoms with Crippen molar-refractivity contribution in [1.82, 2.24) is 4.31 Å². The molecule has 20 heavy (non-hydrogen) atoms. The van der Waals surface area contributed by atoms with Gasteiger partial charge < -0.3 is 0 Å². The van der Waals surface area contributed by atoms with E-state index >= 15 is 0 Å². The van der Waals surface area contributed by atoms with Gasteiger partial charge in [-0.2, -0.15) is 4.31 Å². The van der Waals surface area contributed by atoms with E-state index in [0.717, 1.165) is 25.7 Å². The van der Waals surface area contributed by atoms with Gasteiger partial charge in [0.2, 0.25) is 10.0 Å². The second-order valence-corrected chi connectivity index (χ2v) is 8.12. The molecule has 0 atom stereocenters. The minimum atomic E-state index is -3.41. The fourth-order valence-corrected chi connectivity index (χ4v) is 4.58. The molecule has 0 bridgehead atoms. The maximum atomic E-state index is 12.9. The summed E-state index contributed by atoms with van der Waals surface area (Å²) in [5, 5.41) is 0. The summed E-state index contributed by atoms with van der Waals surface area (Å²) < 4.78 is 27.5. The van der Waals surface area contributed by atoms with Crippen LogP contribution in [0.15, 0.2) is 29.2 Å². The largest absolute Gasteiger partial charge is 0.243 e. The van der Waals surface area contributed by atoms with E-state index in [1.807, 2.05) is 6.07 Å². The topological polar surface area (TPSA) is 37.4 Å². The van der Waals surface area contributed by atoms with Gasteiger partial charge in [-0.15, -0.1) is 11.6 Å². The van der Waals surface area contributed by atoms with Gasteiger partial charge in [0, 0.05) is 19.0 Å². The van der Waals surface area contributed by atoms with E-state index in [1.165, 1.54) is 0 Å². The predicted molar refractivity (Wildman–Crippen MR) is 80.2 cm³/mol. The molecule has 3 nitrogen and oxygen atoms in total. The van der Waals surface area contributed by atoms with Gasteiger partial charge in [-0.1, -0.05) is 18.2 Å². The number of alkyl halides is 1. The summed E-state index contributed by atoms with van der Waals surface area (Å²) in [6.07, 6.45) is 4.64. The molecule has 0 heterocycles. The van der Waals surface area contributed by atoms with Crippen molar-refractivity contribution in [3.8, 4) is 0 Å². The molecule has 0 aromatic heterocycles. The van der Waals surface area contributed by atoms with Gasteiger partial charge in [-0.25, -0.2) is 8.42 Å². The summed E-state index contributed by atoms with van der Waals surface area (Å²) in [6, 6.07) is 7.09. The SMILES string of the molecule is O=S(=O)(c1ccccc1CCl)N(CC1CC1)CC1CC1. The first-order chi connectivity index (χ1) is 9.61. The lowest BCUT2D eigenvalue weighted by atomic mass is 10.2. The fourth-order valence-electron chi connectivity index (χ4n) is 2.45. The van der Waals surface area contributed by atoms with Crippen LogP contribution in [0.25, 0.3) is 0 Å². The average molecular weight is 314 g/mol. The molecule has 2 saturated carbocycles. The third-order valence-corrected chi connectivity index (χ3v) is 6.27. The van der Waals surface area contributed by atoms with Crippen molar-refractivity contribution in [2.24, 2.45) is 11.8 Å². The molecular weight excluding hydrogens is 294 g/mol. The summed E-state index contributed by atoms with van der Waals surface area (Å²) >= 11 is 5.90. The Morgan fingerprint density at radius 1 is 1.05 bits per heavy atom. The first-order valence-electron chi connectivity index (χ1n) is 7.25. The standard InChI is InChI=1S/C15H20ClNO2S/c16-9-14-3-1-2-4-15(14)20(18,19)17(10-12-5-6-12)11-13-7-8-13/h1-4,12-13H,5-11H2. The minimum Gasteiger partial charge on any atom is -0.207 e. The maximum absolute atomic E-state index is 12.9. The molecule has 0 aliphatic heterocycles. The first kappa shape index (κ1) is 14.4. The van der Waals surface area contributed by atoms with Crippen LogP contribution < -0.4 is 0 Å². The molecule has 0 N–H and O–H groups in total. The molecule has 1 aromatic rings. The van der Waals surface area contributed by atoms with Gasteiger partial charge >= 0.3 is 0 Å². The molecule has 5 heteroatoms. The summed E-state index contributed by atoms with van der Waals surface area (Å²) in [5.41, 5.74) is 0.700. The summed E-state index contributed by atoms with van der Waals surface area (Å²) in [6.45, 7) is 1.35. The lowest BCUT2D eigenvalue weighted by Crippen LogP contribution is -2.35. The van der Waals surface area contributed by atoms with Crippen molar-refractivity contribution in [2.75, 3.05) is 13.1 Å². The number of benzene rings is 1. The Morgan fingerprint density at radius 3 is 2.10 bits per heavy atom. The Hall–Kier alpha value is -0.580. The van der Waals surface area contributed by atoms with E-state index < -0.39 is 10.0 Å². The quantitative estimate of drug-likeness (QED) is 0.725. The zero-order chi connectivity index (χ0) is 14.2. The Kier molecular flexibility index (Phi) is 4.07. The van der Waals surface area contributed by atoms with Gasteiger partial charge in [0.15, 0.2) is 0 Å². The van der Waals surface area contributed by atoms with Crippen molar-refractivity contribution in [1.29, 1.82) is 0 Å². The van der Waals surface area contributed by atoms with Crippen LogP contribution in [0.5, 0.6) is 0 Å². The van der Waals surface area contributed by atoms with Crippen LogP contribution in [-0.4, -0.2) is 25.8 Å². The lowest BCUT2D eigenvalue weighted by molar-refractivity contribution is 0.382. The third-order valence-electron chi connectivity index (χ3n) is 4.05. The van der Waals surface area contributed by atoms with Gasteiger partial charge in [0.05, 0.1) is 4.90 Å². The normalized spacial score (nSPS) is 19.5. The highest BCUT2D eigenvalue weighted by Crippen LogP contribution is 2.36. The number of nitrogens with zero attached hydrogens (tertiary/aromatic N) is 1. The highest BCUT2D eigenvalue weighted by Gasteiger charge is 2.36. The number of hydrogen-bond donors (Lipinski definition) is 0. The van der Waals surface area contributed by atoms with Crippen molar-refractivity contribution >= 4 is 21.6 Å². The van der Waals surface area contributed by atoms with Crippen LogP contribution in [0.3, 0.4) is 0 Å². The van der Waals surface area contributed by atoms with Crippen LogP contribution in [0, 0.1) is 11.8 Å². The van der Waals surface area contributed by atoms with E-state index in [4.69, 9.17) is 11.6 Å². The third kappa shape index (κ3) is 3.18. The van der Waals surface area contributed by atoms with E-state index in [1.54, 1.807) is 22.5 Å². The zero-order valence-corrected chi connectivity index (χ0v) is 13.0. The molecule has 0 spiro atoms. The second kappa shape index (κ2) is 5.66. The predicted octanol–water partition coefficient (Wildman–Crippen LogP) is 3.24. The fraction of sp³-hybridized carbons (Fsp3) is 0.600. The molecule has 0 saturated heterocycles. The minimum absolute atomic E-state index is 0.232. The molecule has 0 amide bonds. The molecule has 110 valence electrons. The Labute approximate surface area is 126 Å². The average Bonchev–Trinajstić information content (AvgIpc) is 3.33. The first-order valence-corrected chi connectivity index (χ1v) is 9.22. The van der Waals surface area contributed by atoms with Crippen molar-refractivity contribution in [3.05, 3.63) is 29.8 Å². The Morgan fingerprint density at radius 2 is 1.60 bits per heavy atom. The van der Waals surface area contributed by atoms with Crippen LogP contribution in [-0.2, 0) is 15.9 Å². The van der Waals surface area contributed by atoms with E-state index in [-0.39, 0.29) is 5.88 Å². The van der Waals surface area contributed by atoms with Gasteiger partial charge in [-0.05, 0) is 49.1 Å². The van der Waals surface area contributed by atoms with Gasteiger partial charge in [-0.3, -0.25) is 0 Å². The monoisotopic (exact) mass is 313 g/mol. The van der Waals surface area contributed by atoms with E-state index in [9.17, 15) is 8.42 Å². The second-order valence-electron chi connectivity index (χ2n) is 5.95. The number of hydrogen-bond acceptors (Lipinski definition) is 2. The molecule has 2 aliphatic carbocycles. The van der Waals surface area contributed by atoms with Crippen molar-refractivity contribution in [3.63, 3.8) is 0 Å². The number of sulfonamides is 1. The molecule has 0 radical (unpaired) electrons. The van der Waals surface area contributed by atoms with Crippen molar-refractivity contribution in [2.45, 2.75) is 36.5 Å². The Balaban J connectivity index is 1.89. The molecule has 2 fully saturated rings. The molecule has 0 unspecified atom stereocenters. The lowest BCUT2D eigenvalue weighted by Gasteiger charge is -2.23. The summed E-state index contributed by atoms with van der Waals surface area (Å²) in [7, 11) is -3.41. The van der Waals surface area contributed by atoms with E-state index in [0.29, 0.717) is 35.4 Å². The number of halogens is 1. The van der Waals surface area contributed by atoms with Gasteiger partial charge in [0.1, 0.15) is 0 Å².